The average molecular weight is 252 g/mol. The third-order valence-corrected chi connectivity index (χ3v) is 3.42. The van der Waals surface area contributed by atoms with Crippen molar-refractivity contribution < 1.29 is 0 Å². The predicted octanol–water partition coefficient (Wildman–Crippen LogP) is 4.05. The molecule has 0 radical (unpaired) electrons. The second-order valence-electron chi connectivity index (χ2n) is 6.34. The molecule has 0 saturated carbocycles. The van der Waals surface area contributed by atoms with Crippen LogP contribution in [-0.4, -0.2) is 5.54 Å². The monoisotopic (exact) mass is 252 g/mol. The largest absolute Gasteiger partial charge is 0.399 e. The molecule has 1 aliphatic carbocycles. The first-order valence-electron chi connectivity index (χ1n) is 6.72. The van der Waals surface area contributed by atoms with Gasteiger partial charge in [-0.3, -0.25) is 0 Å². The van der Waals surface area contributed by atoms with Crippen molar-refractivity contribution in [1.29, 1.82) is 0 Å². The lowest BCUT2D eigenvalue weighted by Gasteiger charge is -2.22. The van der Waals surface area contributed by atoms with E-state index < -0.39 is 0 Å². The van der Waals surface area contributed by atoms with Crippen LogP contribution >= 0.6 is 0 Å². The van der Waals surface area contributed by atoms with E-state index in [0.29, 0.717) is 0 Å². The number of rotatable bonds is 1. The molecule has 98 valence electrons. The van der Waals surface area contributed by atoms with Crippen molar-refractivity contribution in [3.8, 4) is 11.1 Å². The molecule has 1 aliphatic rings. The van der Waals surface area contributed by atoms with E-state index in [4.69, 9.17) is 5.73 Å². The molecule has 2 aromatic rings. The number of nitrogens with one attached hydrogen (secondary N) is 1. The smallest absolute Gasteiger partial charge is 0.0347 e. The van der Waals surface area contributed by atoms with Gasteiger partial charge < -0.3 is 11.1 Å². The molecular formula is C17H20N2. The van der Waals surface area contributed by atoms with Gasteiger partial charge in [0.15, 0.2) is 0 Å². The summed E-state index contributed by atoms with van der Waals surface area (Å²) in [5, 5.41) is 3.52. The lowest BCUT2D eigenvalue weighted by Crippen LogP contribution is -2.25. The summed E-state index contributed by atoms with van der Waals surface area (Å²) < 4.78 is 0. The maximum absolute atomic E-state index is 5.87. The van der Waals surface area contributed by atoms with Gasteiger partial charge in [-0.25, -0.2) is 0 Å². The van der Waals surface area contributed by atoms with Crippen molar-refractivity contribution in [2.24, 2.45) is 0 Å². The first-order chi connectivity index (χ1) is 8.92. The van der Waals surface area contributed by atoms with Gasteiger partial charge in [0.1, 0.15) is 0 Å². The van der Waals surface area contributed by atoms with Crippen molar-refractivity contribution in [2.75, 3.05) is 11.1 Å². The Morgan fingerprint density at radius 3 is 2.26 bits per heavy atom. The first-order valence-corrected chi connectivity index (χ1v) is 6.72. The molecule has 0 fully saturated rings. The van der Waals surface area contributed by atoms with Crippen LogP contribution in [0.15, 0.2) is 36.4 Å². The van der Waals surface area contributed by atoms with Gasteiger partial charge in [0.2, 0.25) is 0 Å². The molecule has 2 heteroatoms. The number of nitrogens with two attached hydrogens (primary N) is 1. The van der Waals surface area contributed by atoms with Crippen molar-refractivity contribution in [2.45, 2.75) is 32.7 Å². The minimum atomic E-state index is 0.0874. The lowest BCUT2D eigenvalue weighted by molar-refractivity contribution is 0.634. The van der Waals surface area contributed by atoms with Crippen LogP contribution in [0.3, 0.4) is 0 Å². The minimum Gasteiger partial charge on any atom is -0.399 e. The maximum Gasteiger partial charge on any atom is 0.0347 e. The summed E-state index contributed by atoms with van der Waals surface area (Å²) in [7, 11) is 0. The Labute approximate surface area is 114 Å². The van der Waals surface area contributed by atoms with Crippen LogP contribution in [0.25, 0.3) is 11.1 Å². The normalized spacial score (nSPS) is 13.0. The van der Waals surface area contributed by atoms with Gasteiger partial charge in [-0.15, -0.1) is 0 Å². The number of fused-ring (bicyclic) bond motifs is 3. The van der Waals surface area contributed by atoms with Gasteiger partial charge in [-0.05, 0) is 73.7 Å². The SMILES string of the molecule is CC(C)(C)Nc1ccc2c(c1)Cc1cc(N)ccc1-2. The number of hydrogen-bond donors (Lipinski definition) is 2. The van der Waals surface area contributed by atoms with Crippen molar-refractivity contribution >= 4 is 11.4 Å². The molecule has 3 rings (SSSR count). The minimum absolute atomic E-state index is 0.0874. The van der Waals surface area contributed by atoms with Crippen LogP contribution in [0.1, 0.15) is 31.9 Å². The highest BCUT2D eigenvalue weighted by atomic mass is 14.9. The Morgan fingerprint density at radius 2 is 1.58 bits per heavy atom. The summed E-state index contributed by atoms with van der Waals surface area (Å²) >= 11 is 0. The summed E-state index contributed by atoms with van der Waals surface area (Å²) in [6, 6.07) is 12.8. The Morgan fingerprint density at radius 1 is 0.947 bits per heavy atom. The molecule has 0 bridgehead atoms. The fraction of sp³-hybridized carbons (Fsp3) is 0.294. The van der Waals surface area contributed by atoms with E-state index in [1.54, 1.807) is 0 Å². The second-order valence-corrected chi connectivity index (χ2v) is 6.34. The van der Waals surface area contributed by atoms with Gasteiger partial charge >= 0.3 is 0 Å². The quantitative estimate of drug-likeness (QED) is 0.641. The summed E-state index contributed by atoms with van der Waals surface area (Å²) in [6.07, 6.45) is 0.982. The van der Waals surface area contributed by atoms with Gasteiger partial charge in [0, 0.05) is 16.9 Å². The molecule has 2 aromatic carbocycles. The number of anilines is 2. The molecule has 0 saturated heterocycles. The third-order valence-electron chi connectivity index (χ3n) is 3.42. The van der Waals surface area contributed by atoms with Gasteiger partial charge in [0.25, 0.3) is 0 Å². The fourth-order valence-electron chi connectivity index (χ4n) is 2.74. The lowest BCUT2D eigenvalue weighted by atomic mass is 10.0. The molecule has 2 nitrogen and oxygen atoms in total. The summed E-state index contributed by atoms with van der Waals surface area (Å²) in [6.45, 7) is 6.53. The fourth-order valence-corrected chi connectivity index (χ4v) is 2.74. The zero-order valence-corrected chi connectivity index (χ0v) is 11.7. The summed E-state index contributed by atoms with van der Waals surface area (Å²) in [4.78, 5) is 0. The Kier molecular flexibility index (Phi) is 2.56. The number of nitrogen functional groups attached to an aromatic ring is 1. The van der Waals surface area contributed by atoms with E-state index in [0.717, 1.165) is 12.1 Å². The van der Waals surface area contributed by atoms with Crippen molar-refractivity contribution in [1.82, 2.24) is 0 Å². The molecule has 0 spiro atoms. The van der Waals surface area contributed by atoms with Gasteiger partial charge in [-0.2, -0.15) is 0 Å². The summed E-state index contributed by atoms with van der Waals surface area (Å²) in [5.74, 6) is 0. The maximum atomic E-state index is 5.87. The molecule has 19 heavy (non-hydrogen) atoms. The molecular weight excluding hydrogens is 232 g/mol. The molecule has 0 heterocycles. The molecule has 0 unspecified atom stereocenters. The van der Waals surface area contributed by atoms with Gasteiger partial charge in [0.05, 0.1) is 0 Å². The molecule has 0 aliphatic heterocycles. The third kappa shape index (κ3) is 2.30. The molecule has 3 N–H and O–H groups in total. The average Bonchev–Trinajstić information content (AvgIpc) is 2.62. The van der Waals surface area contributed by atoms with Crippen LogP contribution in [0.4, 0.5) is 11.4 Å². The first kappa shape index (κ1) is 12.1. The predicted molar refractivity (Wildman–Crippen MR) is 82.5 cm³/mol. The highest BCUT2D eigenvalue weighted by molar-refractivity contribution is 5.80. The van der Waals surface area contributed by atoms with Crippen LogP contribution in [-0.2, 0) is 6.42 Å². The Balaban J connectivity index is 1.98. The van der Waals surface area contributed by atoms with E-state index in [1.165, 1.54) is 27.9 Å². The van der Waals surface area contributed by atoms with E-state index in [1.807, 2.05) is 6.07 Å². The molecule has 0 atom stereocenters. The van der Waals surface area contributed by atoms with E-state index >= 15 is 0 Å². The highest BCUT2D eigenvalue weighted by Gasteiger charge is 2.19. The topological polar surface area (TPSA) is 38.0 Å². The zero-order chi connectivity index (χ0) is 13.6. The van der Waals surface area contributed by atoms with Gasteiger partial charge in [-0.1, -0.05) is 12.1 Å². The standard InChI is InChI=1S/C17H20N2/c1-17(2,3)19-14-5-7-16-12(10-14)8-11-9-13(18)4-6-15(11)16/h4-7,9-10,19H,8,18H2,1-3H3. The van der Waals surface area contributed by atoms with Crippen LogP contribution in [0.5, 0.6) is 0 Å². The summed E-state index contributed by atoms with van der Waals surface area (Å²) in [5.41, 5.74) is 13.4. The van der Waals surface area contributed by atoms with Crippen LogP contribution in [0, 0.1) is 0 Å². The van der Waals surface area contributed by atoms with E-state index in [2.05, 4.69) is 56.4 Å². The van der Waals surface area contributed by atoms with E-state index in [-0.39, 0.29) is 5.54 Å². The van der Waals surface area contributed by atoms with E-state index in [9.17, 15) is 0 Å². The number of benzene rings is 2. The Bertz CT molecular complexity index is 636. The number of hydrogen-bond acceptors (Lipinski definition) is 2. The Hall–Kier alpha value is -1.96. The molecule has 0 amide bonds. The van der Waals surface area contributed by atoms with Crippen LogP contribution in [0.2, 0.25) is 0 Å². The van der Waals surface area contributed by atoms with Crippen molar-refractivity contribution in [3.63, 3.8) is 0 Å². The van der Waals surface area contributed by atoms with Crippen molar-refractivity contribution in [3.05, 3.63) is 47.5 Å². The zero-order valence-electron chi connectivity index (χ0n) is 11.7. The highest BCUT2D eigenvalue weighted by Crippen LogP contribution is 2.38. The van der Waals surface area contributed by atoms with Crippen LogP contribution < -0.4 is 11.1 Å². The second kappa shape index (κ2) is 4.02. The molecule has 0 aromatic heterocycles.